The molecule has 3 rings (SSSR count). The van der Waals surface area contributed by atoms with Crippen LogP contribution in [0.25, 0.3) is 6.08 Å². The van der Waals surface area contributed by atoms with E-state index in [1.54, 1.807) is 13.2 Å². The molecule has 28 heavy (non-hydrogen) atoms. The molecular formula is C20H17F3N2O2S. The van der Waals surface area contributed by atoms with Crippen molar-refractivity contribution in [1.82, 2.24) is 4.90 Å². The van der Waals surface area contributed by atoms with Crippen LogP contribution in [0.3, 0.4) is 0 Å². The Morgan fingerprint density at radius 3 is 2.39 bits per heavy atom. The number of hydrogen-bond donors (Lipinski definition) is 0. The fourth-order valence-electron chi connectivity index (χ4n) is 2.50. The topological polar surface area (TPSA) is 41.9 Å². The van der Waals surface area contributed by atoms with Gasteiger partial charge in [-0.25, -0.2) is 4.99 Å². The Morgan fingerprint density at radius 2 is 1.79 bits per heavy atom. The van der Waals surface area contributed by atoms with Gasteiger partial charge >= 0.3 is 6.18 Å². The van der Waals surface area contributed by atoms with Crippen molar-refractivity contribution < 1.29 is 22.7 Å². The number of alkyl halides is 3. The number of carbonyl (C=O) groups excluding carboxylic acids is 1. The molecule has 0 bridgehead atoms. The Kier molecular flexibility index (Phi) is 6.21. The number of ether oxygens (including phenoxy) is 1. The molecule has 1 amide bonds. The summed E-state index contributed by atoms with van der Waals surface area (Å²) in [5.41, 5.74) is 0.487. The number of amidine groups is 1. The number of para-hydroxylation sites is 1. The molecule has 0 aromatic heterocycles. The number of thioether (sulfide) groups is 1. The SMILES string of the molecule is COCCN1C(=O)/C(=C\c2ccc(C(F)(F)F)cc2)SC1=Nc1ccccc1. The molecule has 146 valence electrons. The molecule has 2 aromatic carbocycles. The molecule has 1 aliphatic heterocycles. The number of halogens is 3. The second kappa shape index (κ2) is 8.62. The maximum absolute atomic E-state index is 12.8. The lowest BCUT2D eigenvalue weighted by atomic mass is 10.1. The van der Waals surface area contributed by atoms with E-state index in [4.69, 9.17) is 4.74 Å². The van der Waals surface area contributed by atoms with Gasteiger partial charge in [0.1, 0.15) is 0 Å². The lowest BCUT2D eigenvalue weighted by molar-refractivity contribution is -0.137. The van der Waals surface area contributed by atoms with Gasteiger partial charge in [-0.1, -0.05) is 30.3 Å². The lowest BCUT2D eigenvalue weighted by Crippen LogP contribution is -2.32. The Labute approximate surface area is 164 Å². The highest BCUT2D eigenvalue weighted by molar-refractivity contribution is 8.18. The van der Waals surface area contributed by atoms with Gasteiger partial charge in [-0.15, -0.1) is 0 Å². The van der Waals surface area contributed by atoms with Crippen molar-refractivity contribution in [2.75, 3.05) is 20.3 Å². The van der Waals surface area contributed by atoms with Crippen molar-refractivity contribution in [3.63, 3.8) is 0 Å². The average Bonchev–Trinajstić information content (AvgIpc) is 2.95. The smallest absolute Gasteiger partial charge is 0.383 e. The number of hydrogen-bond acceptors (Lipinski definition) is 4. The molecule has 0 saturated carbocycles. The van der Waals surface area contributed by atoms with Crippen LogP contribution in [0.1, 0.15) is 11.1 Å². The number of carbonyl (C=O) groups is 1. The van der Waals surface area contributed by atoms with E-state index in [1.807, 2.05) is 30.3 Å². The molecule has 4 nitrogen and oxygen atoms in total. The van der Waals surface area contributed by atoms with Crippen LogP contribution in [0, 0.1) is 0 Å². The predicted molar refractivity (Wildman–Crippen MR) is 104 cm³/mol. The van der Waals surface area contributed by atoms with Gasteiger partial charge in [-0.05, 0) is 47.7 Å². The maximum atomic E-state index is 12.8. The van der Waals surface area contributed by atoms with E-state index in [9.17, 15) is 18.0 Å². The van der Waals surface area contributed by atoms with Crippen LogP contribution < -0.4 is 0 Å². The number of methoxy groups -OCH3 is 1. The summed E-state index contributed by atoms with van der Waals surface area (Å²) in [5, 5.41) is 0.506. The Morgan fingerprint density at radius 1 is 1.11 bits per heavy atom. The third-order valence-electron chi connectivity index (χ3n) is 3.92. The zero-order chi connectivity index (χ0) is 20.1. The fourth-order valence-corrected chi connectivity index (χ4v) is 3.53. The number of aliphatic imine (C=N–C) groups is 1. The van der Waals surface area contributed by atoms with Gasteiger partial charge < -0.3 is 4.74 Å². The normalized spacial score (nSPS) is 17.7. The van der Waals surface area contributed by atoms with Crippen molar-refractivity contribution in [3.8, 4) is 0 Å². The molecule has 8 heteroatoms. The predicted octanol–water partition coefficient (Wildman–Crippen LogP) is 4.96. The van der Waals surface area contributed by atoms with E-state index in [1.165, 1.54) is 28.8 Å². The molecular weight excluding hydrogens is 389 g/mol. The summed E-state index contributed by atoms with van der Waals surface area (Å²) in [4.78, 5) is 19.2. The Balaban J connectivity index is 1.88. The molecule has 1 heterocycles. The molecule has 0 spiro atoms. The molecule has 0 atom stereocenters. The molecule has 0 N–H and O–H groups in total. The largest absolute Gasteiger partial charge is 0.416 e. The fraction of sp³-hybridized carbons (Fsp3) is 0.200. The second-order valence-electron chi connectivity index (χ2n) is 5.91. The highest BCUT2D eigenvalue weighted by Crippen LogP contribution is 2.35. The Hall–Kier alpha value is -2.58. The number of benzene rings is 2. The van der Waals surface area contributed by atoms with Crippen molar-refractivity contribution >= 4 is 34.6 Å². The average molecular weight is 406 g/mol. The van der Waals surface area contributed by atoms with Crippen LogP contribution in [-0.4, -0.2) is 36.2 Å². The summed E-state index contributed by atoms with van der Waals surface area (Å²) < 4.78 is 43.2. The van der Waals surface area contributed by atoms with Gasteiger partial charge in [-0.3, -0.25) is 9.69 Å². The van der Waals surface area contributed by atoms with Crippen molar-refractivity contribution in [1.29, 1.82) is 0 Å². The van der Waals surface area contributed by atoms with Crippen LogP contribution in [-0.2, 0) is 15.7 Å². The van der Waals surface area contributed by atoms with Gasteiger partial charge in [0.05, 0.1) is 29.3 Å². The van der Waals surface area contributed by atoms with Crippen LogP contribution in [0.15, 0.2) is 64.5 Å². The minimum atomic E-state index is -4.39. The van der Waals surface area contributed by atoms with Gasteiger partial charge in [0.25, 0.3) is 5.91 Å². The third-order valence-corrected chi connectivity index (χ3v) is 4.93. The first-order valence-corrected chi connectivity index (χ1v) is 9.21. The van der Waals surface area contributed by atoms with Gasteiger partial charge in [0.2, 0.25) is 0 Å². The summed E-state index contributed by atoms with van der Waals surface area (Å²) in [6.07, 6.45) is -2.82. The van der Waals surface area contributed by atoms with Gasteiger partial charge in [0, 0.05) is 7.11 Å². The van der Waals surface area contributed by atoms with Crippen LogP contribution >= 0.6 is 11.8 Å². The monoisotopic (exact) mass is 406 g/mol. The van der Waals surface area contributed by atoms with Crippen molar-refractivity contribution in [2.24, 2.45) is 4.99 Å². The number of amides is 1. The molecule has 1 saturated heterocycles. The molecule has 1 aliphatic rings. The molecule has 1 fully saturated rings. The highest BCUT2D eigenvalue weighted by Gasteiger charge is 2.33. The first kappa shape index (κ1) is 20.2. The van der Waals surface area contributed by atoms with Gasteiger partial charge in [0.15, 0.2) is 5.17 Å². The molecule has 0 radical (unpaired) electrons. The van der Waals surface area contributed by atoms with E-state index in [0.717, 1.165) is 12.1 Å². The van der Waals surface area contributed by atoms with Crippen LogP contribution in [0.5, 0.6) is 0 Å². The number of nitrogens with zero attached hydrogens (tertiary/aromatic N) is 2. The maximum Gasteiger partial charge on any atom is 0.416 e. The number of rotatable bonds is 5. The summed E-state index contributed by atoms with van der Waals surface area (Å²) >= 11 is 1.19. The van der Waals surface area contributed by atoms with Gasteiger partial charge in [-0.2, -0.15) is 13.2 Å². The van der Waals surface area contributed by atoms with Crippen LogP contribution in [0.4, 0.5) is 18.9 Å². The Bertz CT molecular complexity index is 894. The highest BCUT2D eigenvalue weighted by atomic mass is 32.2. The minimum absolute atomic E-state index is 0.253. The van der Waals surface area contributed by atoms with E-state index in [0.29, 0.717) is 34.5 Å². The standard InChI is InChI=1S/C20H17F3N2O2S/c1-27-12-11-25-18(26)17(28-19(25)24-16-5-3-2-4-6-16)13-14-7-9-15(10-8-14)20(21,22)23/h2-10,13H,11-12H2,1H3/b17-13+,24-19?. The first-order valence-electron chi connectivity index (χ1n) is 8.40. The molecule has 0 unspecified atom stereocenters. The quantitative estimate of drug-likeness (QED) is 0.660. The van der Waals surface area contributed by atoms with E-state index in [2.05, 4.69) is 4.99 Å². The minimum Gasteiger partial charge on any atom is -0.383 e. The second-order valence-corrected chi connectivity index (χ2v) is 6.92. The first-order chi connectivity index (χ1) is 13.4. The van der Waals surface area contributed by atoms with Crippen molar-refractivity contribution in [2.45, 2.75) is 6.18 Å². The summed E-state index contributed by atoms with van der Waals surface area (Å²) in [6, 6.07) is 13.9. The summed E-state index contributed by atoms with van der Waals surface area (Å²) in [6.45, 7) is 0.673. The summed E-state index contributed by atoms with van der Waals surface area (Å²) in [7, 11) is 1.54. The van der Waals surface area contributed by atoms with Crippen LogP contribution in [0.2, 0.25) is 0 Å². The molecule has 2 aromatic rings. The third kappa shape index (κ3) is 4.82. The summed E-state index contributed by atoms with van der Waals surface area (Å²) in [5.74, 6) is -0.253. The van der Waals surface area contributed by atoms with Crippen molar-refractivity contribution in [3.05, 3.63) is 70.6 Å². The van der Waals surface area contributed by atoms with E-state index >= 15 is 0 Å². The molecule has 0 aliphatic carbocycles. The van der Waals surface area contributed by atoms with E-state index in [-0.39, 0.29) is 5.91 Å². The lowest BCUT2D eigenvalue weighted by Gasteiger charge is -2.14. The zero-order valence-corrected chi connectivity index (χ0v) is 15.8. The zero-order valence-electron chi connectivity index (χ0n) is 14.9. The van der Waals surface area contributed by atoms with E-state index < -0.39 is 11.7 Å².